The Morgan fingerprint density at radius 2 is 1.91 bits per heavy atom. The predicted octanol–water partition coefficient (Wildman–Crippen LogP) is 4.05. The maximum absolute atomic E-state index is 13.6. The molecule has 1 fully saturated rings. The molecule has 3 aromatic rings. The zero-order chi connectivity index (χ0) is 24.7. The number of nitrogens with zero attached hydrogens (tertiary/aromatic N) is 4. The lowest BCUT2D eigenvalue weighted by molar-refractivity contribution is 0.0956. The summed E-state index contributed by atoms with van der Waals surface area (Å²) in [7, 11) is -4.00. The highest BCUT2D eigenvalue weighted by Crippen LogP contribution is 2.33. The molecule has 4 rings (SSSR count). The van der Waals surface area contributed by atoms with E-state index in [1.807, 2.05) is 0 Å². The van der Waals surface area contributed by atoms with E-state index in [1.54, 1.807) is 25.1 Å². The SMILES string of the molecule is CCNC(=O)c1cnn(S(=O)(=O)c2ccc3c(c2)nc(C(C)(C)C)n3CC2CCC(F)CC2)c1. The van der Waals surface area contributed by atoms with E-state index in [0.29, 0.717) is 30.8 Å². The van der Waals surface area contributed by atoms with Crippen LogP contribution in [0.3, 0.4) is 0 Å². The van der Waals surface area contributed by atoms with E-state index >= 15 is 0 Å². The van der Waals surface area contributed by atoms with Crippen molar-refractivity contribution in [2.24, 2.45) is 5.92 Å². The maximum atomic E-state index is 13.6. The molecular formula is C24H32FN5O3S. The highest BCUT2D eigenvalue weighted by atomic mass is 32.2. The maximum Gasteiger partial charge on any atom is 0.283 e. The van der Waals surface area contributed by atoms with Crippen molar-refractivity contribution in [2.75, 3.05) is 6.54 Å². The van der Waals surface area contributed by atoms with E-state index in [0.717, 1.165) is 34.8 Å². The lowest BCUT2D eigenvalue weighted by Gasteiger charge is -2.27. The third-order valence-corrected chi connectivity index (χ3v) is 7.85. The molecule has 0 unspecified atom stereocenters. The number of imidazole rings is 1. The Bertz CT molecular complexity index is 1300. The molecule has 1 N–H and O–H groups in total. The van der Waals surface area contributed by atoms with Gasteiger partial charge in [-0.25, -0.2) is 9.37 Å². The largest absolute Gasteiger partial charge is 0.352 e. The minimum atomic E-state index is -4.00. The normalized spacial score (nSPS) is 19.4. The van der Waals surface area contributed by atoms with Gasteiger partial charge in [0, 0.05) is 18.5 Å². The molecule has 8 nitrogen and oxygen atoms in total. The smallest absolute Gasteiger partial charge is 0.283 e. The van der Waals surface area contributed by atoms with Gasteiger partial charge < -0.3 is 9.88 Å². The van der Waals surface area contributed by atoms with Crippen LogP contribution in [-0.4, -0.2) is 45.8 Å². The van der Waals surface area contributed by atoms with E-state index in [-0.39, 0.29) is 21.8 Å². The van der Waals surface area contributed by atoms with Crippen LogP contribution in [0.4, 0.5) is 4.39 Å². The van der Waals surface area contributed by atoms with Gasteiger partial charge in [-0.3, -0.25) is 4.79 Å². The fourth-order valence-corrected chi connectivity index (χ4v) is 5.65. The van der Waals surface area contributed by atoms with Gasteiger partial charge in [0.1, 0.15) is 12.0 Å². The molecule has 1 aliphatic rings. The van der Waals surface area contributed by atoms with Gasteiger partial charge >= 0.3 is 0 Å². The van der Waals surface area contributed by atoms with Crippen LogP contribution in [0, 0.1) is 5.92 Å². The summed E-state index contributed by atoms with van der Waals surface area (Å²) in [4.78, 5) is 16.9. The van der Waals surface area contributed by atoms with Gasteiger partial charge in [0.05, 0.1) is 33.9 Å². The first kappa shape index (κ1) is 24.4. The van der Waals surface area contributed by atoms with Crippen molar-refractivity contribution in [2.45, 2.75) is 76.4 Å². The molecule has 1 amide bonds. The number of nitrogens with one attached hydrogen (secondary N) is 1. The molecule has 1 aromatic carbocycles. The number of rotatable bonds is 6. The first-order valence-corrected chi connectivity index (χ1v) is 13.2. The van der Waals surface area contributed by atoms with E-state index < -0.39 is 16.2 Å². The van der Waals surface area contributed by atoms with E-state index in [1.165, 1.54) is 12.4 Å². The molecule has 0 bridgehead atoms. The molecule has 34 heavy (non-hydrogen) atoms. The lowest BCUT2D eigenvalue weighted by atomic mass is 9.87. The predicted molar refractivity (Wildman–Crippen MR) is 128 cm³/mol. The highest BCUT2D eigenvalue weighted by Gasteiger charge is 2.28. The number of carbonyl (C=O) groups excluding carboxylic acids is 1. The number of hydrogen-bond donors (Lipinski definition) is 1. The van der Waals surface area contributed by atoms with Crippen LogP contribution in [-0.2, 0) is 22.0 Å². The van der Waals surface area contributed by atoms with Crippen molar-refractivity contribution in [3.05, 3.63) is 42.0 Å². The second-order valence-electron chi connectivity index (χ2n) is 10.0. The summed E-state index contributed by atoms with van der Waals surface area (Å²) in [6, 6.07) is 4.88. The Morgan fingerprint density at radius 1 is 1.21 bits per heavy atom. The molecule has 2 aromatic heterocycles. The van der Waals surface area contributed by atoms with Crippen molar-refractivity contribution >= 4 is 27.0 Å². The van der Waals surface area contributed by atoms with E-state index in [4.69, 9.17) is 4.98 Å². The zero-order valence-corrected chi connectivity index (χ0v) is 20.9. The van der Waals surface area contributed by atoms with Gasteiger partial charge in [-0.2, -0.15) is 17.6 Å². The zero-order valence-electron chi connectivity index (χ0n) is 20.1. The van der Waals surface area contributed by atoms with Gasteiger partial charge in [0.15, 0.2) is 0 Å². The molecule has 0 aliphatic heterocycles. The van der Waals surface area contributed by atoms with Crippen LogP contribution in [0.5, 0.6) is 0 Å². The van der Waals surface area contributed by atoms with Crippen molar-refractivity contribution < 1.29 is 17.6 Å². The average molecular weight is 490 g/mol. The summed E-state index contributed by atoms with van der Waals surface area (Å²) in [5.41, 5.74) is 1.36. The average Bonchev–Trinajstić information content (AvgIpc) is 3.41. The third kappa shape index (κ3) is 4.73. The second kappa shape index (κ2) is 9.13. The Kier molecular flexibility index (Phi) is 6.54. The summed E-state index contributed by atoms with van der Waals surface area (Å²) >= 11 is 0. The molecule has 10 heteroatoms. The number of amides is 1. The molecule has 1 aliphatic carbocycles. The molecule has 1 saturated carbocycles. The van der Waals surface area contributed by atoms with E-state index in [9.17, 15) is 17.6 Å². The molecule has 2 heterocycles. The summed E-state index contributed by atoms with van der Waals surface area (Å²) < 4.78 is 43.0. The van der Waals surface area contributed by atoms with Crippen LogP contribution in [0.15, 0.2) is 35.5 Å². The third-order valence-electron chi connectivity index (χ3n) is 6.31. The molecule has 0 atom stereocenters. The summed E-state index contributed by atoms with van der Waals surface area (Å²) in [6.45, 7) is 9.18. The van der Waals surface area contributed by atoms with Gasteiger partial charge in [-0.05, 0) is 56.7 Å². The van der Waals surface area contributed by atoms with Gasteiger partial charge in [-0.15, -0.1) is 0 Å². The quantitative estimate of drug-likeness (QED) is 0.563. The van der Waals surface area contributed by atoms with Crippen LogP contribution in [0.2, 0.25) is 0 Å². The number of alkyl halides is 1. The topological polar surface area (TPSA) is 98.9 Å². The number of carbonyl (C=O) groups is 1. The number of fused-ring (bicyclic) bond motifs is 1. The standard InChI is InChI=1S/C24H32FN5O3S/c1-5-26-22(31)17-13-27-30(15-17)34(32,33)19-10-11-21-20(12-19)28-23(24(2,3)4)29(21)14-16-6-8-18(25)9-7-16/h10-13,15-16,18H,5-9,14H2,1-4H3,(H,26,31). The van der Waals surface area contributed by atoms with Crippen LogP contribution in [0.25, 0.3) is 11.0 Å². The Labute approximate surface area is 199 Å². The summed E-state index contributed by atoms with van der Waals surface area (Å²) in [5, 5.41) is 6.53. The fraction of sp³-hybridized carbons (Fsp3) is 0.542. The molecule has 184 valence electrons. The number of benzene rings is 1. The van der Waals surface area contributed by atoms with Gasteiger partial charge in [0.25, 0.3) is 15.9 Å². The van der Waals surface area contributed by atoms with Crippen molar-refractivity contribution in [1.29, 1.82) is 0 Å². The van der Waals surface area contributed by atoms with Gasteiger partial charge in [-0.1, -0.05) is 20.8 Å². The Hall–Kier alpha value is -2.75. The lowest BCUT2D eigenvalue weighted by Crippen LogP contribution is -2.24. The number of hydrogen-bond acceptors (Lipinski definition) is 5. The second-order valence-corrected chi connectivity index (χ2v) is 11.8. The first-order chi connectivity index (χ1) is 16.0. The van der Waals surface area contributed by atoms with Crippen LogP contribution in [0.1, 0.15) is 69.6 Å². The molecule has 0 spiro atoms. The Morgan fingerprint density at radius 3 is 2.56 bits per heavy atom. The van der Waals surface area contributed by atoms with Crippen molar-refractivity contribution in [3.63, 3.8) is 0 Å². The van der Waals surface area contributed by atoms with E-state index in [2.05, 4.69) is 35.8 Å². The van der Waals surface area contributed by atoms with Crippen LogP contribution >= 0.6 is 0 Å². The highest BCUT2D eigenvalue weighted by molar-refractivity contribution is 7.89. The summed E-state index contributed by atoms with van der Waals surface area (Å²) in [5.74, 6) is 0.859. The van der Waals surface area contributed by atoms with Crippen molar-refractivity contribution in [1.82, 2.24) is 24.1 Å². The number of halogens is 1. The Balaban J connectivity index is 1.71. The minimum absolute atomic E-state index is 0.0496. The van der Waals surface area contributed by atoms with Gasteiger partial charge in [0.2, 0.25) is 0 Å². The summed E-state index contributed by atoms with van der Waals surface area (Å²) in [6.07, 6.45) is 4.60. The number of aromatic nitrogens is 4. The van der Waals surface area contributed by atoms with Crippen molar-refractivity contribution in [3.8, 4) is 0 Å². The fourth-order valence-electron chi connectivity index (χ4n) is 4.51. The first-order valence-electron chi connectivity index (χ1n) is 11.7. The molecule has 0 radical (unpaired) electrons. The minimum Gasteiger partial charge on any atom is -0.352 e. The van der Waals surface area contributed by atoms with Crippen LogP contribution < -0.4 is 5.32 Å². The molecule has 0 saturated heterocycles. The monoisotopic (exact) mass is 489 g/mol. The molecular weight excluding hydrogens is 457 g/mol.